The number of nitrogens with zero attached hydrogens (tertiary/aromatic N) is 1. The van der Waals surface area contributed by atoms with E-state index in [9.17, 15) is 0 Å². The van der Waals surface area contributed by atoms with Crippen molar-refractivity contribution in [1.29, 1.82) is 0 Å². The molecule has 1 unspecified atom stereocenters. The van der Waals surface area contributed by atoms with Crippen molar-refractivity contribution in [3.05, 3.63) is 29.3 Å². The van der Waals surface area contributed by atoms with Crippen molar-refractivity contribution in [2.45, 2.75) is 59.9 Å². The van der Waals surface area contributed by atoms with Crippen molar-refractivity contribution < 1.29 is 0 Å². The number of anilines is 1. The molecule has 1 aromatic carbocycles. The second kappa shape index (κ2) is 6.83. The highest BCUT2D eigenvalue weighted by Gasteiger charge is 2.21. The molecule has 0 fully saturated rings. The summed E-state index contributed by atoms with van der Waals surface area (Å²) in [5, 5.41) is 3.58. The zero-order chi connectivity index (χ0) is 15.5. The van der Waals surface area contributed by atoms with Gasteiger partial charge in [0.2, 0.25) is 0 Å². The molecule has 0 radical (unpaired) electrons. The van der Waals surface area contributed by atoms with E-state index in [1.807, 2.05) is 0 Å². The standard InChI is InChI=1S/C19H32N2/c1-6-11-20-15(2)16-7-8-18-17(14-16)9-12-21(18)13-10-19(3,4)5/h7-8,14-15,20H,6,9-13H2,1-5H3. The minimum atomic E-state index is 0.418. The fourth-order valence-corrected chi connectivity index (χ4v) is 2.94. The van der Waals surface area contributed by atoms with Gasteiger partial charge in [-0.2, -0.15) is 0 Å². The Balaban J connectivity index is 2.02. The Morgan fingerprint density at radius 2 is 2.05 bits per heavy atom. The molecule has 21 heavy (non-hydrogen) atoms. The monoisotopic (exact) mass is 288 g/mol. The third-order valence-electron chi connectivity index (χ3n) is 4.43. The lowest BCUT2D eigenvalue weighted by Gasteiger charge is -2.25. The summed E-state index contributed by atoms with van der Waals surface area (Å²) < 4.78 is 0. The molecule has 1 aliphatic heterocycles. The number of hydrogen-bond donors (Lipinski definition) is 1. The molecule has 1 aromatic rings. The average molecular weight is 288 g/mol. The lowest BCUT2D eigenvalue weighted by atomic mass is 9.92. The van der Waals surface area contributed by atoms with Crippen LogP contribution in [0.15, 0.2) is 18.2 Å². The summed E-state index contributed by atoms with van der Waals surface area (Å²) in [5.41, 5.74) is 4.85. The molecule has 1 heterocycles. The van der Waals surface area contributed by atoms with Crippen molar-refractivity contribution in [3.8, 4) is 0 Å². The number of nitrogens with one attached hydrogen (secondary N) is 1. The van der Waals surface area contributed by atoms with Gasteiger partial charge in [-0.15, -0.1) is 0 Å². The maximum atomic E-state index is 3.58. The number of hydrogen-bond acceptors (Lipinski definition) is 2. The van der Waals surface area contributed by atoms with Gasteiger partial charge < -0.3 is 10.2 Å². The third kappa shape index (κ3) is 4.47. The van der Waals surface area contributed by atoms with E-state index in [2.05, 4.69) is 63.0 Å². The van der Waals surface area contributed by atoms with E-state index in [0.717, 1.165) is 6.54 Å². The third-order valence-corrected chi connectivity index (χ3v) is 4.43. The Bertz CT molecular complexity index is 459. The molecule has 0 saturated heterocycles. The van der Waals surface area contributed by atoms with Gasteiger partial charge in [0, 0.05) is 24.8 Å². The van der Waals surface area contributed by atoms with E-state index in [4.69, 9.17) is 0 Å². The van der Waals surface area contributed by atoms with Crippen LogP contribution in [0.2, 0.25) is 0 Å². The Morgan fingerprint density at radius 1 is 1.29 bits per heavy atom. The second-order valence-electron chi connectivity index (χ2n) is 7.61. The van der Waals surface area contributed by atoms with E-state index < -0.39 is 0 Å². The van der Waals surface area contributed by atoms with Crippen LogP contribution in [0.1, 0.15) is 64.6 Å². The van der Waals surface area contributed by atoms with Gasteiger partial charge in [-0.1, -0.05) is 39.8 Å². The van der Waals surface area contributed by atoms with Gasteiger partial charge in [-0.05, 0) is 55.3 Å². The normalized spacial score (nSPS) is 16.1. The van der Waals surface area contributed by atoms with Crippen LogP contribution in [0.3, 0.4) is 0 Å². The van der Waals surface area contributed by atoms with Gasteiger partial charge in [-0.3, -0.25) is 0 Å². The number of benzene rings is 1. The maximum absolute atomic E-state index is 3.58. The SMILES string of the molecule is CCCNC(C)c1ccc2c(c1)CCN2CCC(C)(C)C. The quantitative estimate of drug-likeness (QED) is 0.826. The molecule has 2 rings (SSSR count). The maximum Gasteiger partial charge on any atom is 0.0399 e. The highest BCUT2D eigenvalue weighted by molar-refractivity contribution is 5.59. The van der Waals surface area contributed by atoms with Crippen LogP contribution in [0, 0.1) is 5.41 Å². The second-order valence-corrected chi connectivity index (χ2v) is 7.61. The first kappa shape index (κ1) is 16.4. The summed E-state index contributed by atoms with van der Waals surface area (Å²) in [4.78, 5) is 2.56. The van der Waals surface area contributed by atoms with Crippen LogP contribution < -0.4 is 10.2 Å². The first-order valence-electron chi connectivity index (χ1n) is 8.52. The zero-order valence-electron chi connectivity index (χ0n) is 14.5. The molecular weight excluding hydrogens is 256 g/mol. The minimum Gasteiger partial charge on any atom is -0.371 e. The Morgan fingerprint density at radius 3 is 2.71 bits per heavy atom. The van der Waals surface area contributed by atoms with Gasteiger partial charge in [-0.25, -0.2) is 0 Å². The molecule has 0 saturated carbocycles. The van der Waals surface area contributed by atoms with E-state index in [1.54, 1.807) is 0 Å². The van der Waals surface area contributed by atoms with Crippen molar-refractivity contribution in [3.63, 3.8) is 0 Å². The fourth-order valence-electron chi connectivity index (χ4n) is 2.94. The van der Waals surface area contributed by atoms with Gasteiger partial charge in [0.25, 0.3) is 0 Å². The van der Waals surface area contributed by atoms with Gasteiger partial charge in [0.05, 0.1) is 0 Å². The smallest absolute Gasteiger partial charge is 0.0399 e. The predicted molar refractivity (Wildman–Crippen MR) is 93.1 cm³/mol. The molecular formula is C19H32N2. The largest absolute Gasteiger partial charge is 0.371 e. The van der Waals surface area contributed by atoms with Crippen LogP contribution in [0.25, 0.3) is 0 Å². The van der Waals surface area contributed by atoms with Crippen LogP contribution in [-0.2, 0) is 6.42 Å². The summed E-state index contributed by atoms with van der Waals surface area (Å²) in [6.07, 6.45) is 3.65. The van der Waals surface area contributed by atoms with Gasteiger partial charge in [0.15, 0.2) is 0 Å². The summed E-state index contributed by atoms with van der Waals surface area (Å²) in [5.74, 6) is 0. The van der Waals surface area contributed by atoms with Crippen LogP contribution in [-0.4, -0.2) is 19.6 Å². The Kier molecular flexibility index (Phi) is 5.32. The summed E-state index contributed by atoms with van der Waals surface area (Å²) in [6.45, 7) is 14.9. The Labute approximate surface area is 130 Å². The van der Waals surface area contributed by atoms with E-state index in [-0.39, 0.29) is 0 Å². The molecule has 0 amide bonds. The molecule has 1 atom stereocenters. The van der Waals surface area contributed by atoms with Crippen LogP contribution in [0.5, 0.6) is 0 Å². The lowest BCUT2D eigenvalue weighted by Crippen LogP contribution is -2.25. The lowest BCUT2D eigenvalue weighted by molar-refractivity contribution is 0.380. The number of fused-ring (bicyclic) bond motifs is 1. The minimum absolute atomic E-state index is 0.418. The molecule has 0 aliphatic carbocycles. The Hall–Kier alpha value is -1.02. The fraction of sp³-hybridized carbons (Fsp3) is 0.684. The van der Waals surface area contributed by atoms with Crippen molar-refractivity contribution in [1.82, 2.24) is 5.32 Å². The summed E-state index contributed by atoms with van der Waals surface area (Å²) in [6, 6.07) is 7.52. The highest BCUT2D eigenvalue weighted by Crippen LogP contribution is 2.32. The highest BCUT2D eigenvalue weighted by atomic mass is 15.1. The zero-order valence-corrected chi connectivity index (χ0v) is 14.5. The molecule has 0 spiro atoms. The first-order valence-corrected chi connectivity index (χ1v) is 8.52. The molecule has 0 aromatic heterocycles. The molecule has 118 valence electrons. The van der Waals surface area contributed by atoms with Gasteiger partial charge in [0.1, 0.15) is 0 Å². The average Bonchev–Trinajstić information content (AvgIpc) is 2.84. The van der Waals surface area contributed by atoms with E-state index >= 15 is 0 Å². The van der Waals surface area contributed by atoms with Crippen LogP contribution in [0.4, 0.5) is 5.69 Å². The topological polar surface area (TPSA) is 15.3 Å². The number of rotatable bonds is 6. The molecule has 1 N–H and O–H groups in total. The van der Waals surface area contributed by atoms with Crippen LogP contribution >= 0.6 is 0 Å². The molecule has 0 bridgehead atoms. The molecule has 1 aliphatic rings. The summed E-state index contributed by atoms with van der Waals surface area (Å²) >= 11 is 0. The van der Waals surface area contributed by atoms with Crippen molar-refractivity contribution in [2.24, 2.45) is 5.41 Å². The van der Waals surface area contributed by atoms with E-state index in [0.29, 0.717) is 11.5 Å². The van der Waals surface area contributed by atoms with Crippen molar-refractivity contribution >= 4 is 5.69 Å². The van der Waals surface area contributed by atoms with Crippen molar-refractivity contribution in [2.75, 3.05) is 24.5 Å². The predicted octanol–water partition coefficient (Wildman–Crippen LogP) is 4.55. The molecule has 2 heteroatoms. The first-order chi connectivity index (χ1) is 9.90. The summed E-state index contributed by atoms with van der Waals surface area (Å²) in [7, 11) is 0. The van der Waals surface area contributed by atoms with Gasteiger partial charge >= 0.3 is 0 Å². The van der Waals surface area contributed by atoms with E-state index in [1.165, 1.54) is 49.2 Å². The molecule has 2 nitrogen and oxygen atoms in total.